The van der Waals surface area contributed by atoms with Gasteiger partial charge in [0.1, 0.15) is 11.6 Å². The lowest BCUT2D eigenvalue weighted by molar-refractivity contribution is 0.475. The van der Waals surface area contributed by atoms with Gasteiger partial charge < -0.3 is 5.11 Å². The van der Waals surface area contributed by atoms with E-state index >= 15 is 0 Å². The van der Waals surface area contributed by atoms with Crippen molar-refractivity contribution in [1.29, 1.82) is 0 Å². The number of rotatable bonds is 6. The van der Waals surface area contributed by atoms with Crippen molar-refractivity contribution in [3.05, 3.63) is 96.9 Å². The van der Waals surface area contributed by atoms with Gasteiger partial charge >= 0.3 is 0 Å². The third-order valence-corrected chi connectivity index (χ3v) is 2.78. The Bertz CT molecular complexity index is 643. The number of hydrogen-bond donors (Lipinski definition) is 1. The van der Waals surface area contributed by atoms with E-state index in [2.05, 4.69) is 26.3 Å². The molecular formula is C19H19FO. The molecule has 1 aromatic rings. The molecule has 0 aromatic heterocycles. The first kappa shape index (κ1) is 16.4. The Morgan fingerprint density at radius 2 is 1.62 bits per heavy atom. The van der Waals surface area contributed by atoms with E-state index in [1.165, 1.54) is 18.2 Å². The second kappa shape index (κ2) is 7.25. The summed E-state index contributed by atoms with van der Waals surface area (Å²) < 4.78 is 14.1. The minimum Gasteiger partial charge on any atom is -0.508 e. The fourth-order valence-corrected chi connectivity index (χ4v) is 1.50. The van der Waals surface area contributed by atoms with Gasteiger partial charge in [0, 0.05) is 5.57 Å². The summed E-state index contributed by atoms with van der Waals surface area (Å²) in [5.74, 6) is -0.344. The summed E-state index contributed by atoms with van der Waals surface area (Å²) in [6.45, 7) is 16.8. The Morgan fingerprint density at radius 1 is 1.05 bits per heavy atom. The Kier molecular flexibility index (Phi) is 5.67. The van der Waals surface area contributed by atoms with Gasteiger partial charge in [-0.3, -0.25) is 0 Å². The molecule has 0 unspecified atom stereocenters. The molecule has 0 spiro atoms. The molecule has 1 aromatic carbocycles. The quantitative estimate of drug-likeness (QED) is 0.683. The molecule has 0 aliphatic heterocycles. The van der Waals surface area contributed by atoms with Crippen LogP contribution in [0, 0.1) is 0 Å². The SMILES string of the molecule is C=C(C)/C=C\C(=C)C(=C)/C(F)=C\C(=C)c1ccc(O)cc1. The first-order valence-corrected chi connectivity index (χ1v) is 6.39. The topological polar surface area (TPSA) is 20.2 Å². The van der Waals surface area contributed by atoms with E-state index < -0.39 is 5.83 Å². The van der Waals surface area contributed by atoms with Crippen molar-refractivity contribution >= 4 is 5.57 Å². The molecule has 0 aliphatic rings. The smallest absolute Gasteiger partial charge is 0.131 e. The van der Waals surface area contributed by atoms with Crippen molar-refractivity contribution in [1.82, 2.24) is 0 Å². The minimum atomic E-state index is -0.496. The maximum absolute atomic E-state index is 14.1. The Hall–Kier alpha value is -2.61. The standard InChI is InChI=1S/C19H19FO/c1-13(2)6-7-14(3)16(5)19(20)12-15(4)17-8-10-18(21)11-9-17/h6-12,21H,1,3-5H2,2H3/b7-6-,19-12+. The average molecular weight is 282 g/mol. The number of halogens is 1. The number of aromatic hydroxyl groups is 1. The van der Waals surface area contributed by atoms with Crippen molar-refractivity contribution in [2.75, 3.05) is 0 Å². The van der Waals surface area contributed by atoms with E-state index in [9.17, 15) is 9.50 Å². The van der Waals surface area contributed by atoms with E-state index in [1.54, 1.807) is 24.3 Å². The zero-order valence-electron chi connectivity index (χ0n) is 12.2. The van der Waals surface area contributed by atoms with Gasteiger partial charge in [-0.1, -0.05) is 56.2 Å². The number of benzene rings is 1. The average Bonchev–Trinajstić information content (AvgIpc) is 2.44. The number of phenols is 1. The monoisotopic (exact) mass is 282 g/mol. The third-order valence-electron chi connectivity index (χ3n) is 2.78. The molecule has 0 aliphatic carbocycles. The second-order valence-electron chi connectivity index (χ2n) is 4.75. The Balaban J connectivity index is 2.86. The van der Waals surface area contributed by atoms with E-state index in [0.717, 1.165) is 11.1 Å². The van der Waals surface area contributed by atoms with Crippen LogP contribution in [0.4, 0.5) is 4.39 Å². The zero-order valence-corrected chi connectivity index (χ0v) is 12.2. The lowest BCUT2D eigenvalue weighted by Gasteiger charge is -2.05. The first-order valence-electron chi connectivity index (χ1n) is 6.39. The maximum Gasteiger partial charge on any atom is 0.131 e. The van der Waals surface area contributed by atoms with Crippen LogP contribution in [0.5, 0.6) is 5.75 Å². The summed E-state index contributed by atoms with van der Waals surface area (Å²) in [5, 5.41) is 9.23. The van der Waals surface area contributed by atoms with Crippen LogP contribution in [0.15, 0.2) is 91.4 Å². The summed E-state index contributed by atoms with van der Waals surface area (Å²) in [5.41, 5.74) is 2.74. The molecule has 0 bridgehead atoms. The predicted molar refractivity (Wildman–Crippen MR) is 88.6 cm³/mol. The summed E-state index contributed by atoms with van der Waals surface area (Å²) >= 11 is 0. The normalized spacial score (nSPS) is 11.4. The zero-order chi connectivity index (χ0) is 16.0. The van der Waals surface area contributed by atoms with Gasteiger partial charge in [0.05, 0.1) is 0 Å². The molecule has 0 radical (unpaired) electrons. The maximum atomic E-state index is 14.1. The van der Waals surface area contributed by atoms with Gasteiger partial charge in [-0.15, -0.1) is 0 Å². The van der Waals surface area contributed by atoms with Crippen LogP contribution < -0.4 is 0 Å². The van der Waals surface area contributed by atoms with Crippen molar-refractivity contribution in [3.63, 3.8) is 0 Å². The molecule has 21 heavy (non-hydrogen) atoms. The summed E-state index contributed by atoms with van der Waals surface area (Å²) in [6.07, 6.45) is 4.71. The van der Waals surface area contributed by atoms with Gasteiger partial charge in [0.25, 0.3) is 0 Å². The lowest BCUT2D eigenvalue weighted by atomic mass is 10.0. The molecule has 0 atom stereocenters. The summed E-state index contributed by atoms with van der Waals surface area (Å²) in [6, 6.07) is 6.38. The van der Waals surface area contributed by atoms with Crippen molar-refractivity contribution < 1.29 is 9.50 Å². The second-order valence-corrected chi connectivity index (χ2v) is 4.75. The van der Waals surface area contributed by atoms with Gasteiger partial charge in [0.15, 0.2) is 0 Å². The lowest BCUT2D eigenvalue weighted by Crippen LogP contribution is -1.87. The largest absolute Gasteiger partial charge is 0.508 e. The fourth-order valence-electron chi connectivity index (χ4n) is 1.50. The molecule has 1 N–H and O–H groups in total. The van der Waals surface area contributed by atoms with E-state index in [0.29, 0.717) is 11.1 Å². The molecule has 2 heteroatoms. The summed E-state index contributed by atoms with van der Waals surface area (Å²) in [7, 11) is 0. The molecule has 0 saturated heterocycles. The third kappa shape index (κ3) is 5.11. The van der Waals surface area contributed by atoms with Crippen LogP contribution in [0.2, 0.25) is 0 Å². The number of allylic oxidation sites excluding steroid dienone is 8. The van der Waals surface area contributed by atoms with Crippen molar-refractivity contribution in [2.24, 2.45) is 0 Å². The first-order chi connectivity index (χ1) is 9.81. The van der Waals surface area contributed by atoms with Crippen LogP contribution in [-0.2, 0) is 0 Å². The number of phenolic OH excluding ortho intramolecular Hbond substituents is 1. The highest BCUT2D eigenvalue weighted by Crippen LogP contribution is 2.24. The predicted octanol–water partition coefficient (Wildman–Crippen LogP) is 5.50. The highest BCUT2D eigenvalue weighted by Gasteiger charge is 2.05. The van der Waals surface area contributed by atoms with Gasteiger partial charge in [-0.25, -0.2) is 4.39 Å². The van der Waals surface area contributed by atoms with Crippen LogP contribution >= 0.6 is 0 Å². The molecule has 1 nitrogen and oxygen atoms in total. The molecule has 0 heterocycles. The van der Waals surface area contributed by atoms with Crippen LogP contribution in [0.25, 0.3) is 5.57 Å². The molecule has 0 amide bonds. The van der Waals surface area contributed by atoms with Crippen molar-refractivity contribution in [3.8, 4) is 5.75 Å². The molecule has 108 valence electrons. The van der Waals surface area contributed by atoms with Gasteiger partial charge in [-0.05, 0) is 41.8 Å². The number of hydrogen-bond acceptors (Lipinski definition) is 1. The highest BCUT2D eigenvalue weighted by atomic mass is 19.1. The fraction of sp³-hybridized carbons (Fsp3) is 0.0526. The van der Waals surface area contributed by atoms with E-state index in [-0.39, 0.29) is 11.3 Å². The Morgan fingerprint density at radius 3 is 2.14 bits per heavy atom. The highest BCUT2D eigenvalue weighted by molar-refractivity contribution is 5.74. The molecular weight excluding hydrogens is 263 g/mol. The van der Waals surface area contributed by atoms with Crippen LogP contribution in [-0.4, -0.2) is 5.11 Å². The summed E-state index contributed by atoms with van der Waals surface area (Å²) in [4.78, 5) is 0. The van der Waals surface area contributed by atoms with E-state index in [1.807, 2.05) is 6.92 Å². The van der Waals surface area contributed by atoms with Crippen LogP contribution in [0.3, 0.4) is 0 Å². The van der Waals surface area contributed by atoms with Gasteiger partial charge in [-0.2, -0.15) is 0 Å². The molecule has 0 saturated carbocycles. The minimum absolute atomic E-state index is 0.152. The molecule has 1 rings (SSSR count). The van der Waals surface area contributed by atoms with Crippen LogP contribution in [0.1, 0.15) is 12.5 Å². The van der Waals surface area contributed by atoms with Crippen molar-refractivity contribution in [2.45, 2.75) is 6.92 Å². The molecule has 0 fully saturated rings. The Labute approximate surface area is 125 Å². The van der Waals surface area contributed by atoms with E-state index in [4.69, 9.17) is 0 Å². The van der Waals surface area contributed by atoms with Gasteiger partial charge in [0.2, 0.25) is 0 Å².